The van der Waals surface area contributed by atoms with Crippen LogP contribution in [0, 0.1) is 6.92 Å². The maximum atomic E-state index is 12.2. The van der Waals surface area contributed by atoms with E-state index >= 15 is 0 Å². The van der Waals surface area contributed by atoms with Gasteiger partial charge in [-0.05, 0) is 53.4 Å². The Labute approximate surface area is 123 Å². The summed E-state index contributed by atoms with van der Waals surface area (Å²) in [5.74, 6) is 0. The molecule has 0 aliphatic carbocycles. The fourth-order valence-corrected chi connectivity index (χ4v) is 6.03. The number of aryl methyl sites for hydroxylation is 1. The van der Waals surface area contributed by atoms with Crippen molar-refractivity contribution in [3.63, 3.8) is 0 Å². The summed E-state index contributed by atoms with van der Waals surface area (Å²) in [4.78, 5) is 2.19. The van der Waals surface area contributed by atoms with Gasteiger partial charge in [-0.1, -0.05) is 0 Å². The average Bonchev–Trinajstić information content (AvgIpc) is 2.86. The third-order valence-corrected chi connectivity index (χ3v) is 7.74. The van der Waals surface area contributed by atoms with Crippen LogP contribution in [0.4, 0.5) is 0 Å². The molecule has 98 valence electrons. The van der Waals surface area contributed by atoms with Crippen molar-refractivity contribution >= 4 is 48.6 Å². The van der Waals surface area contributed by atoms with Crippen LogP contribution in [0.2, 0.25) is 0 Å². The van der Waals surface area contributed by atoms with E-state index in [4.69, 9.17) is 0 Å². The number of rotatable bonds is 4. The molecule has 2 aromatic rings. The van der Waals surface area contributed by atoms with Gasteiger partial charge in [-0.25, -0.2) is 13.1 Å². The molecule has 0 amide bonds. The van der Waals surface area contributed by atoms with Gasteiger partial charge in [0.1, 0.15) is 4.21 Å². The van der Waals surface area contributed by atoms with Crippen molar-refractivity contribution in [3.8, 4) is 0 Å². The van der Waals surface area contributed by atoms with Crippen molar-refractivity contribution in [2.45, 2.75) is 24.1 Å². The fourth-order valence-electron chi connectivity index (χ4n) is 1.50. The molecule has 18 heavy (non-hydrogen) atoms. The lowest BCUT2D eigenvalue weighted by Gasteiger charge is -2.11. The largest absolute Gasteiger partial charge is 0.251 e. The van der Waals surface area contributed by atoms with Crippen LogP contribution in [0.15, 0.2) is 32.3 Å². The van der Waals surface area contributed by atoms with Crippen LogP contribution in [-0.4, -0.2) is 8.42 Å². The lowest BCUT2D eigenvalue weighted by molar-refractivity contribution is 0.570. The second-order valence-corrected chi connectivity index (χ2v) is 8.85. The van der Waals surface area contributed by atoms with E-state index in [1.54, 1.807) is 22.8 Å². The summed E-state index contributed by atoms with van der Waals surface area (Å²) in [5, 5.41) is 1.75. The standard InChI is InChI=1S/C11H12BrNO2S3/c1-7-3-4-10(17-7)8(2)13-18(14,15)11-9(12)5-6-16-11/h3-6,8,13H,1-2H3. The number of thiophene rings is 2. The van der Waals surface area contributed by atoms with Gasteiger partial charge in [-0.15, -0.1) is 22.7 Å². The zero-order valence-electron chi connectivity index (χ0n) is 9.81. The van der Waals surface area contributed by atoms with Crippen LogP contribution >= 0.6 is 38.6 Å². The first kappa shape index (κ1) is 14.2. The summed E-state index contributed by atoms with van der Waals surface area (Å²) in [6.45, 7) is 3.86. The Morgan fingerprint density at radius 2 is 2.06 bits per heavy atom. The predicted octanol–water partition coefficient (Wildman–Crippen LogP) is 3.92. The van der Waals surface area contributed by atoms with E-state index in [0.29, 0.717) is 8.68 Å². The molecule has 0 aliphatic rings. The van der Waals surface area contributed by atoms with E-state index in [0.717, 1.165) is 4.88 Å². The Morgan fingerprint density at radius 1 is 1.33 bits per heavy atom. The van der Waals surface area contributed by atoms with Crippen LogP contribution in [0.3, 0.4) is 0 Å². The molecular weight excluding hydrogens is 354 g/mol. The molecule has 3 nitrogen and oxygen atoms in total. The number of sulfonamides is 1. The summed E-state index contributed by atoms with van der Waals surface area (Å²) < 4.78 is 28.0. The van der Waals surface area contributed by atoms with E-state index in [2.05, 4.69) is 20.7 Å². The van der Waals surface area contributed by atoms with Crippen LogP contribution in [0.1, 0.15) is 22.7 Å². The Bertz CT molecular complexity index is 645. The maximum Gasteiger partial charge on any atom is 0.251 e. The summed E-state index contributed by atoms with van der Waals surface area (Å²) in [5.41, 5.74) is 0. The van der Waals surface area contributed by atoms with Crippen molar-refractivity contribution in [2.24, 2.45) is 0 Å². The summed E-state index contributed by atoms with van der Waals surface area (Å²) in [7, 11) is -3.46. The molecule has 0 spiro atoms. The van der Waals surface area contributed by atoms with Crippen LogP contribution in [0.5, 0.6) is 0 Å². The first-order chi connectivity index (χ1) is 8.40. The van der Waals surface area contributed by atoms with Gasteiger partial charge in [-0.3, -0.25) is 0 Å². The minimum Gasteiger partial charge on any atom is -0.206 e. The highest BCUT2D eigenvalue weighted by Crippen LogP contribution is 2.30. The van der Waals surface area contributed by atoms with Crippen molar-refractivity contribution in [1.29, 1.82) is 0 Å². The summed E-state index contributed by atoms with van der Waals surface area (Å²) >= 11 is 6.05. The predicted molar refractivity (Wildman–Crippen MR) is 79.8 cm³/mol. The Balaban J connectivity index is 2.21. The van der Waals surface area contributed by atoms with Gasteiger partial charge in [0.15, 0.2) is 0 Å². The van der Waals surface area contributed by atoms with Gasteiger partial charge < -0.3 is 0 Å². The van der Waals surface area contributed by atoms with Crippen LogP contribution < -0.4 is 4.72 Å². The molecule has 0 radical (unpaired) electrons. The van der Waals surface area contributed by atoms with Crippen molar-refractivity contribution < 1.29 is 8.42 Å². The molecule has 1 unspecified atom stereocenters. The highest BCUT2D eigenvalue weighted by Gasteiger charge is 2.22. The van der Waals surface area contributed by atoms with Gasteiger partial charge in [0.05, 0.1) is 6.04 Å². The maximum absolute atomic E-state index is 12.2. The highest BCUT2D eigenvalue weighted by atomic mass is 79.9. The molecule has 2 heterocycles. The highest BCUT2D eigenvalue weighted by molar-refractivity contribution is 9.10. The smallest absolute Gasteiger partial charge is 0.206 e. The van der Waals surface area contributed by atoms with Gasteiger partial charge in [-0.2, -0.15) is 0 Å². The first-order valence-electron chi connectivity index (χ1n) is 5.22. The number of nitrogens with one attached hydrogen (secondary N) is 1. The molecular formula is C11H12BrNO2S3. The average molecular weight is 366 g/mol. The van der Waals surface area contributed by atoms with Crippen LogP contribution in [-0.2, 0) is 10.0 Å². The molecule has 0 bridgehead atoms. The van der Waals surface area contributed by atoms with Crippen molar-refractivity contribution in [2.75, 3.05) is 0 Å². The first-order valence-corrected chi connectivity index (χ1v) is 9.19. The van der Waals surface area contributed by atoms with Gasteiger partial charge >= 0.3 is 0 Å². The quantitative estimate of drug-likeness (QED) is 0.892. The summed E-state index contributed by atoms with van der Waals surface area (Å²) in [6, 6.07) is 5.46. The van der Waals surface area contributed by atoms with Crippen LogP contribution in [0.25, 0.3) is 0 Å². The van der Waals surface area contributed by atoms with E-state index < -0.39 is 10.0 Å². The molecule has 1 atom stereocenters. The number of halogens is 1. The SMILES string of the molecule is Cc1ccc(C(C)NS(=O)(=O)c2sccc2Br)s1. The van der Waals surface area contributed by atoms with E-state index in [9.17, 15) is 8.42 Å². The molecule has 0 fully saturated rings. The zero-order chi connectivity index (χ0) is 13.3. The van der Waals surface area contributed by atoms with Gasteiger partial charge in [0.25, 0.3) is 10.0 Å². The van der Waals surface area contributed by atoms with E-state index in [1.165, 1.54) is 16.2 Å². The topological polar surface area (TPSA) is 46.2 Å². The molecule has 0 saturated heterocycles. The minimum atomic E-state index is -3.46. The minimum absolute atomic E-state index is 0.220. The lowest BCUT2D eigenvalue weighted by Crippen LogP contribution is -2.25. The molecule has 2 aromatic heterocycles. The zero-order valence-corrected chi connectivity index (χ0v) is 13.8. The Morgan fingerprint density at radius 3 is 2.56 bits per heavy atom. The molecule has 2 rings (SSSR count). The Kier molecular flexibility index (Phi) is 4.28. The number of hydrogen-bond acceptors (Lipinski definition) is 4. The second-order valence-electron chi connectivity index (χ2n) is 3.85. The Hall–Kier alpha value is -0.210. The fraction of sp³-hybridized carbons (Fsp3) is 0.273. The van der Waals surface area contributed by atoms with E-state index in [-0.39, 0.29) is 6.04 Å². The molecule has 0 aliphatic heterocycles. The molecule has 1 N–H and O–H groups in total. The second kappa shape index (κ2) is 5.42. The molecule has 0 aromatic carbocycles. The van der Waals surface area contributed by atoms with Gasteiger partial charge in [0.2, 0.25) is 0 Å². The monoisotopic (exact) mass is 365 g/mol. The summed E-state index contributed by atoms with van der Waals surface area (Å²) in [6.07, 6.45) is 0. The molecule has 7 heteroatoms. The third kappa shape index (κ3) is 3.03. The van der Waals surface area contributed by atoms with Gasteiger partial charge in [0, 0.05) is 14.2 Å². The van der Waals surface area contributed by atoms with Crippen molar-refractivity contribution in [1.82, 2.24) is 4.72 Å². The normalized spacial score (nSPS) is 13.7. The van der Waals surface area contributed by atoms with E-state index in [1.807, 2.05) is 26.0 Å². The van der Waals surface area contributed by atoms with Crippen molar-refractivity contribution in [3.05, 3.63) is 37.8 Å². The molecule has 0 saturated carbocycles. The lowest BCUT2D eigenvalue weighted by atomic mass is 10.3. The number of hydrogen-bond donors (Lipinski definition) is 1. The third-order valence-electron chi connectivity index (χ3n) is 2.35.